The molecule has 0 spiro atoms. The largest absolute Gasteiger partial charge is 0.481 e. The zero-order valence-electron chi connectivity index (χ0n) is 11.2. The number of carboxylic acid groups (broad SMARTS) is 1. The molecule has 0 aromatic heterocycles. The fraction of sp³-hybridized carbons (Fsp3) is 0.333. The van der Waals surface area contributed by atoms with Crippen molar-refractivity contribution in [2.75, 3.05) is 6.54 Å². The Bertz CT molecular complexity index is 595. The van der Waals surface area contributed by atoms with Crippen LogP contribution in [0.15, 0.2) is 24.3 Å². The lowest BCUT2D eigenvalue weighted by atomic mass is 9.69. The molecule has 1 fully saturated rings. The van der Waals surface area contributed by atoms with Crippen LogP contribution in [0.3, 0.4) is 0 Å². The second-order valence-electron chi connectivity index (χ2n) is 5.16. The van der Waals surface area contributed by atoms with Gasteiger partial charge >= 0.3 is 5.97 Å². The first-order valence-corrected chi connectivity index (χ1v) is 7.33. The number of benzene rings is 1. The molecule has 6 heteroatoms. The molecule has 2 rings (SSSR count). The summed E-state index contributed by atoms with van der Waals surface area (Å²) in [7, 11) is 0. The number of aliphatic carboxylic acids is 1. The van der Waals surface area contributed by atoms with Gasteiger partial charge in [-0.2, -0.15) is 0 Å². The molecule has 0 heterocycles. The molecule has 0 aliphatic heterocycles. The van der Waals surface area contributed by atoms with Crippen LogP contribution in [0.5, 0.6) is 0 Å². The molecule has 1 aliphatic carbocycles. The van der Waals surface area contributed by atoms with Crippen LogP contribution in [0.4, 0.5) is 0 Å². The monoisotopic (exact) mass is 327 g/mol. The summed E-state index contributed by atoms with van der Waals surface area (Å²) in [5.41, 5.74) is -0.159. The fourth-order valence-corrected chi connectivity index (χ4v) is 2.55. The normalized spacial score (nSPS) is 16.5. The Morgan fingerprint density at radius 2 is 2.05 bits per heavy atom. The van der Waals surface area contributed by atoms with Crippen molar-refractivity contribution >= 4 is 41.2 Å². The maximum atomic E-state index is 11.8. The van der Waals surface area contributed by atoms with Crippen LogP contribution in [-0.2, 0) is 9.59 Å². The van der Waals surface area contributed by atoms with Gasteiger partial charge in [0.05, 0.1) is 5.41 Å². The minimum absolute atomic E-state index is 0.148. The summed E-state index contributed by atoms with van der Waals surface area (Å²) < 4.78 is 0. The Morgan fingerprint density at radius 3 is 2.62 bits per heavy atom. The van der Waals surface area contributed by atoms with Crippen molar-refractivity contribution in [1.29, 1.82) is 0 Å². The van der Waals surface area contributed by atoms with E-state index in [2.05, 4.69) is 5.32 Å². The average Bonchev–Trinajstić information content (AvgIpc) is 2.38. The lowest BCUT2D eigenvalue weighted by Gasteiger charge is -2.37. The molecule has 1 aliphatic rings. The fourth-order valence-electron chi connectivity index (χ4n) is 2.19. The summed E-state index contributed by atoms with van der Waals surface area (Å²) in [5, 5.41) is 12.8. The van der Waals surface area contributed by atoms with Crippen LogP contribution in [0.1, 0.15) is 24.8 Å². The van der Waals surface area contributed by atoms with Gasteiger partial charge in [0.15, 0.2) is 0 Å². The van der Waals surface area contributed by atoms with Crippen molar-refractivity contribution in [3.05, 3.63) is 39.9 Å². The number of carbonyl (C=O) groups is 2. The number of hydrogen-bond acceptors (Lipinski definition) is 2. The lowest BCUT2D eigenvalue weighted by Crippen LogP contribution is -2.47. The van der Waals surface area contributed by atoms with E-state index < -0.39 is 11.4 Å². The van der Waals surface area contributed by atoms with Gasteiger partial charge in [0, 0.05) is 22.7 Å². The van der Waals surface area contributed by atoms with E-state index in [4.69, 9.17) is 23.2 Å². The van der Waals surface area contributed by atoms with Crippen molar-refractivity contribution in [3.8, 4) is 0 Å². The van der Waals surface area contributed by atoms with E-state index in [1.807, 2.05) is 0 Å². The second-order valence-corrected chi connectivity index (χ2v) is 6.00. The Labute approximate surface area is 132 Å². The molecule has 4 nitrogen and oxygen atoms in total. The SMILES string of the molecule is O=C(/C=C/c1cc(Cl)ccc1Cl)NCC1(C(=O)O)CCC1. The second kappa shape index (κ2) is 6.50. The number of amides is 1. The highest BCUT2D eigenvalue weighted by Gasteiger charge is 2.44. The van der Waals surface area contributed by atoms with E-state index in [0.717, 1.165) is 6.42 Å². The number of carbonyl (C=O) groups excluding carboxylic acids is 1. The predicted octanol–water partition coefficient (Wildman–Crippen LogP) is 3.38. The minimum atomic E-state index is -0.851. The Morgan fingerprint density at radius 1 is 1.33 bits per heavy atom. The standard InChI is InChI=1S/C15H15Cl2NO3/c16-11-3-4-12(17)10(8-11)2-5-13(19)18-9-15(14(20)21)6-1-7-15/h2-5,8H,1,6-7,9H2,(H,18,19)(H,20,21)/b5-2+. The smallest absolute Gasteiger partial charge is 0.311 e. The first kappa shape index (κ1) is 15.9. The Balaban J connectivity index is 1.94. The van der Waals surface area contributed by atoms with E-state index in [0.29, 0.717) is 28.5 Å². The highest BCUT2D eigenvalue weighted by molar-refractivity contribution is 6.34. The molecule has 1 amide bonds. The molecule has 112 valence electrons. The summed E-state index contributed by atoms with van der Waals surface area (Å²) in [5.74, 6) is -1.20. The van der Waals surface area contributed by atoms with Gasteiger partial charge in [0.25, 0.3) is 0 Å². The quantitative estimate of drug-likeness (QED) is 0.815. The van der Waals surface area contributed by atoms with Gasteiger partial charge in [-0.15, -0.1) is 0 Å². The van der Waals surface area contributed by atoms with E-state index >= 15 is 0 Å². The van der Waals surface area contributed by atoms with Gasteiger partial charge < -0.3 is 10.4 Å². The lowest BCUT2D eigenvalue weighted by molar-refractivity contribution is -0.154. The van der Waals surface area contributed by atoms with Gasteiger partial charge in [-0.25, -0.2) is 0 Å². The zero-order chi connectivity index (χ0) is 15.5. The zero-order valence-corrected chi connectivity index (χ0v) is 12.7. The van der Waals surface area contributed by atoms with Gasteiger partial charge in [-0.1, -0.05) is 29.6 Å². The van der Waals surface area contributed by atoms with E-state index in [-0.39, 0.29) is 12.5 Å². The summed E-state index contributed by atoms with van der Waals surface area (Å²) in [6.45, 7) is 0.148. The molecule has 1 saturated carbocycles. The summed E-state index contributed by atoms with van der Waals surface area (Å²) in [6.07, 6.45) is 4.97. The van der Waals surface area contributed by atoms with Crippen LogP contribution in [0, 0.1) is 5.41 Å². The molecule has 0 atom stereocenters. The topological polar surface area (TPSA) is 66.4 Å². The molecule has 0 saturated heterocycles. The van der Waals surface area contributed by atoms with Crippen molar-refractivity contribution in [3.63, 3.8) is 0 Å². The van der Waals surface area contributed by atoms with Crippen LogP contribution >= 0.6 is 23.2 Å². The molecular weight excluding hydrogens is 313 g/mol. The molecule has 2 N–H and O–H groups in total. The summed E-state index contributed by atoms with van der Waals surface area (Å²) in [6, 6.07) is 4.96. The number of halogens is 2. The van der Waals surface area contributed by atoms with Gasteiger partial charge in [0.2, 0.25) is 5.91 Å². The van der Waals surface area contributed by atoms with Crippen LogP contribution in [0.25, 0.3) is 6.08 Å². The molecule has 1 aromatic carbocycles. The molecule has 0 radical (unpaired) electrons. The average molecular weight is 328 g/mol. The maximum absolute atomic E-state index is 11.8. The third kappa shape index (κ3) is 3.77. The van der Waals surface area contributed by atoms with Crippen LogP contribution in [0.2, 0.25) is 10.0 Å². The summed E-state index contributed by atoms with van der Waals surface area (Å²) >= 11 is 11.8. The molecular formula is C15H15Cl2NO3. The summed E-state index contributed by atoms with van der Waals surface area (Å²) in [4.78, 5) is 22.9. The minimum Gasteiger partial charge on any atom is -0.481 e. The maximum Gasteiger partial charge on any atom is 0.311 e. The number of rotatable bonds is 5. The Hall–Kier alpha value is -1.52. The van der Waals surface area contributed by atoms with Crippen molar-refractivity contribution in [1.82, 2.24) is 5.32 Å². The predicted molar refractivity (Wildman–Crippen MR) is 82.4 cm³/mol. The van der Waals surface area contributed by atoms with Crippen molar-refractivity contribution in [2.24, 2.45) is 5.41 Å². The molecule has 1 aromatic rings. The van der Waals surface area contributed by atoms with Crippen molar-refractivity contribution in [2.45, 2.75) is 19.3 Å². The number of nitrogens with one attached hydrogen (secondary N) is 1. The first-order valence-electron chi connectivity index (χ1n) is 6.57. The van der Waals surface area contributed by atoms with Crippen LogP contribution < -0.4 is 5.32 Å². The Kier molecular flexibility index (Phi) is 4.91. The first-order chi connectivity index (χ1) is 9.93. The van der Waals surface area contributed by atoms with E-state index in [9.17, 15) is 14.7 Å². The van der Waals surface area contributed by atoms with E-state index in [1.54, 1.807) is 24.3 Å². The van der Waals surface area contributed by atoms with E-state index in [1.165, 1.54) is 6.08 Å². The van der Waals surface area contributed by atoms with Gasteiger partial charge in [-0.05, 0) is 42.7 Å². The molecule has 0 unspecified atom stereocenters. The molecule has 21 heavy (non-hydrogen) atoms. The number of hydrogen-bond donors (Lipinski definition) is 2. The highest BCUT2D eigenvalue weighted by atomic mass is 35.5. The highest BCUT2D eigenvalue weighted by Crippen LogP contribution is 2.40. The van der Waals surface area contributed by atoms with Gasteiger partial charge in [-0.3, -0.25) is 9.59 Å². The third-order valence-corrected chi connectivity index (χ3v) is 4.32. The van der Waals surface area contributed by atoms with Crippen molar-refractivity contribution < 1.29 is 14.7 Å². The number of carboxylic acids is 1. The molecule has 0 bridgehead atoms. The van der Waals surface area contributed by atoms with Crippen LogP contribution in [-0.4, -0.2) is 23.5 Å². The third-order valence-electron chi connectivity index (χ3n) is 3.74. The van der Waals surface area contributed by atoms with Gasteiger partial charge in [0.1, 0.15) is 0 Å².